The molecule has 1 aliphatic carbocycles. The first kappa shape index (κ1) is 13.2. The summed E-state index contributed by atoms with van der Waals surface area (Å²) in [6, 6.07) is 8.18. The van der Waals surface area contributed by atoms with Crippen LogP contribution in [0.25, 0.3) is 10.6 Å². The third-order valence-electron chi connectivity index (χ3n) is 3.78. The molecule has 0 atom stereocenters. The molecule has 1 fully saturated rings. The van der Waals surface area contributed by atoms with Crippen LogP contribution in [0.3, 0.4) is 0 Å². The lowest BCUT2D eigenvalue weighted by Gasteiger charge is -2.27. The van der Waals surface area contributed by atoms with Gasteiger partial charge in [-0.3, -0.25) is 9.69 Å². The molecular weight excluding hydrogens is 270 g/mol. The van der Waals surface area contributed by atoms with Crippen LogP contribution in [0.15, 0.2) is 24.3 Å². The van der Waals surface area contributed by atoms with E-state index in [2.05, 4.69) is 29.3 Å². The third-order valence-corrected chi connectivity index (χ3v) is 4.83. The predicted octanol–water partition coefficient (Wildman–Crippen LogP) is 3.28. The van der Waals surface area contributed by atoms with Crippen LogP contribution in [0.2, 0.25) is 0 Å². The van der Waals surface area contributed by atoms with Crippen molar-refractivity contribution in [1.29, 1.82) is 0 Å². The van der Waals surface area contributed by atoms with Crippen LogP contribution in [0.4, 0.5) is 5.13 Å². The maximum atomic E-state index is 12.2. The highest BCUT2D eigenvalue weighted by molar-refractivity contribution is 7.18. The molecule has 1 aromatic carbocycles. The van der Waals surface area contributed by atoms with E-state index in [-0.39, 0.29) is 11.8 Å². The van der Waals surface area contributed by atoms with Crippen molar-refractivity contribution < 1.29 is 4.79 Å². The summed E-state index contributed by atoms with van der Waals surface area (Å²) in [6.45, 7) is 2.06. The highest BCUT2D eigenvalue weighted by Gasteiger charge is 2.29. The Labute approximate surface area is 122 Å². The summed E-state index contributed by atoms with van der Waals surface area (Å²) in [6.07, 6.45) is 3.18. The largest absolute Gasteiger partial charge is 0.290 e. The van der Waals surface area contributed by atoms with E-state index in [1.165, 1.54) is 16.9 Å². The number of amides is 1. The smallest absolute Gasteiger partial charge is 0.231 e. The molecule has 20 heavy (non-hydrogen) atoms. The lowest BCUT2D eigenvalue weighted by Crippen LogP contribution is -2.36. The molecule has 3 rings (SSSR count). The fraction of sp³-hybridized carbons (Fsp3) is 0.400. The minimum absolute atomic E-state index is 0.169. The number of hydrogen-bond donors (Lipinski definition) is 0. The Kier molecular flexibility index (Phi) is 3.53. The van der Waals surface area contributed by atoms with E-state index in [0.717, 1.165) is 29.8 Å². The molecule has 0 radical (unpaired) electrons. The van der Waals surface area contributed by atoms with Crippen LogP contribution < -0.4 is 4.90 Å². The zero-order chi connectivity index (χ0) is 14.1. The zero-order valence-electron chi connectivity index (χ0n) is 11.7. The number of anilines is 1. The summed E-state index contributed by atoms with van der Waals surface area (Å²) in [5.74, 6) is 0.356. The van der Waals surface area contributed by atoms with E-state index >= 15 is 0 Å². The monoisotopic (exact) mass is 287 g/mol. The van der Waals surface area contributed by atoms with Gasteiger partial charge in [0, 0.05) is 18.5 Å². The molecule has 0 aliphatic heterocycles. The van der Waals surface area contributed by atoms with Crippen LogP contribution in [0, 0.1) is 12.8 Å². The minimum Gasteiger partial charge on any atom is -0.290 e. The molecule has 5 heteroatoms. The summed E-state index contributed by atoms with van der Waals surface area (Å²) in [5.41, 5.74) is 2.26. The molecule has 0 N–H and O–H groups in total. The first-order valence-electron chi connectivity index (χ1n) is 6.83. The normalized spacial score (nSPS) is 14.9. The summed E-state index contributed by atoms with van der Waals surface area (Å²) in [4.78, 5) is 13.8. The highest BCUT2D eigenvalue weighted by Crippen LogP contribution is 2.32. The number of hydrogen-bond acceptors (Lipinski definition) is 4. The van der Waals surface area contributed by atoms with Crippen molar-refractivity contribution in [3.8, 4) is 10.6 Å². The van der Waals surface area contributed by atoms with Crippen molar-refractivity contribution in [2.24, 2.45) is 5.92 Å². The number of benzene rings is 1. The maximum absolute atomic E-state index is 12.2. The summed E-state index contributed by atoms with van der Waals surface area (Å²) < 4.78 is 0. The molecule has 1 heterocycles. The van der Waals surface area contributed by atoms with Crippen LogP contribution in [-0.4, -0.2) is 23.2 Å². The van der Waals surface area contributed by atoms with E-state index in [9.17, 15) is 4.79 Å². The van der Waals surface area contributed by atoms with Crippen molar-refractivity contribution in [2.45, 2.75) is 26.2 Å². The third kappa shape index (κ3) is 2.45. The molecule has 1 aliphatic rings. The number of nitrogens with zero attached hydrogens (tertiary/aromatic N) is 3. The van der Waals surface area contributed by atoms with Crippen molar-refractivity contribution in [1.82, 2.24) is 10.2 Å². The van der Waals surface area contributed by atoms with Gasteiger partial charge < -0.3 is 0 Å². The summed E-state index contributed by atoms with van der Waals surface area (Å²) >= 11 is 1.46. The first-order chi connectivity index (χ1) is 9.65. The number of carbonyl (C=O) groups excluding carboxylic acids is 1. The van der Waals surface area contributed by atoms with Gasteiger partial charge in [0.05, 0.1) is 0 Å². The van der Waals surface area contributed by atoms with Crippen LogP contribution in [0.5, 0.6) is 0 Å². The van der Waals surface area contributed by atoms with E-state index in [1.807, 2.05) is 12.1 Å². The van der Waals surface area contributed by atoms with E-state index in [0.29, 0.717) is 5.13 Å². The van der Waals surface area contributed by atoms with Crippen molar-refractivity contribution in [3.63, 3.8) is 0 Å². The second-order valence-electron chi connectivity index (χ2n) is 5.28. The molecule has 4 nitrogen and oxygen atoms in total. The van der Waals surface area contributed by atoms with Crippen LogP contribution >= 0.6 is 11.3 Å². The predicted molar refractivity (Wildman–Crippen MR) is 80.8 cm³/mol. The highest BCUT2D eigenvalue weighted by atomic mass is 32.1. The number of rotatable bonds is 3. The Balaban J connectivity index is 1.79. The topological polar surface area (TPSA) is 46.1 Å². The van der Waals surface area contributed by atoms with Crippen molar-refractivity contribution in [3.05, 3.63) is 29.8 Å². The fourth-order valence-corrected chi connectivity index (χ4v) is 3.00. The molecule has 1 amide bonds. The Morgan fingerprint density at radius 3 is 2.55 bits per heavy atom. The zero-order valence-corrected chi connectivity index (χ0v) is 12.5. The van der Waals surface area contributed by atoms with Gasteiger partial charge in [0.25, 0.3) is 0 Å². The Bertz CT molecular complexity index is 616. The standard InChI is InChI=1S/C15H17N3OS/c1-10-6-8-11(9-7-10)13-16-17-15(20-13)18(2)14(19)12-4-3-5-12/h6-9,12H,3-5H2,1-2H3. The number of carbonyl (C=O) groups is 1. The van der Waals surface area contributed by atoms with E-state index < -0.39 is 0 Å². The van der Waals surface area contributed by atoms with Crippen molar-refractivity contribution >= 4 is 22.4 Å². The number of aryl methyl sites for hydroxylation is 1. The Morgan fingerprint density at radius 1 is 1.25 bits per heavy atom. The fourth-order valence-electron chi connectivity index (χ4n) is 2.19. The molecule has 0 spiro atoms. The van der Waals surface area contributed by atoms with Crippen LogP contribution in [0.1, 0.15) is 24.8 Å². The quantitative estimate of drug-likeness (QED) is 0.870. The molecule has 1 aromatic heterocycles. The SMILES string of the molecule is Cc1ccc(-c2nnc(N(C)C(=O)C3CCC3)s2)cc1. The second-order valence-corrected chi connectivity index (χ2v) is 6.24. The molecule has 2 aromatic rings. The lowest BCUT2D eigenvalue weighted by atomic mass is 9.84. The molecule has 0 saturated heterocycles. The average molecular weight is 287 g/mol. The Morgan fingerprint density at radius 2 is 1.95 bits per heavy atom. The molecular formula is C15H17N3OS. The minimum atomic E-state index is 0.169. The first-order valence-corrected chi connectivity index (χ1v) is 7.65. The van der Waals surface area contributed by atoms with Gasteiger partial charge in [0.2, 0.25) is 11.0 Å². The average Bonchev–Trinajstić information content (AvgIpc) is 2.86. The van der Waals surface area contributed by atoms with Gasteiger partial charge in [-0.15, -0.1) is 10.2 Å². The second kappa shape index (κ2) is 5.32. The van der Waals surface area contributed by atoms with Gasteiger partial charge in [-0.1, -0.05) is 47.6 Å². The molecule has 0 bridgehead atoms. The summed E-state index contributed by atoms with van der Waals surface area (Å²) in [5, 5.41) is 9.88. The van der Waals surface area contributed by atoms with Gasteiger partial charge in [0.15, 0.2) is 0 Å². The summed E-state index contributed by atoms with van der Waals surface area (Å²) in [7, 11) is 1.79. The molecule has 104 valence electrons. The van der Waals surface area contributed by atoms with Gasteiger partial charge in [-0.05, 0) is 19.8 Å². The Hall–Kier alpha value is -1.75. The molecule has 1 saturated carbocycles. The van der Waals surface area contributed by atoms with Gasteiger partial charge in [-0.2, -0.15) is 0 Å². The van der Waals surface area contributed by atoms with Crippen LogP contribution in [-0.2, 0) is 4.79 Å². The van der Waals surface area contributed by atoms with Gasteiger partial charge in [-0.25, -0.2) is 0 Å². The van der Waals surface area contributed by atoms with Gasteiger partial charge in [0.1, 0.15) is 5.01 Å². The van der Waals surface area contributed by atoms with E-state index in [4.69, 9.17) is 0 Å². The lowest BCUT2D eigenvalue weighted by molar-refractivity contribution is -0.124. The maximum Gasteiger partial charge on any atom is 0.231 e. The van der Waals surface area contributed by atoms with Crippen molar-refractivity contribution in [2.75, 3.05) is 11.9 Å². The van der Waals surface area contributed by atoms with E-state index in [1.54, 1.807) is 11.9 Å². The number of aromatic nitrogens is 2. The molecule has 0 unspecified atom stereocenters. The van der Waals surface area contributed by atoms with Gasteiger partial charge >= 0.3 is 0 Å².